The van der Waals surface area contributed by atoms with Crippen molar-refractivity contribution in [2.75, 3.05) is 39.8 Å². The van der Waals surface area contributed by atoms with Crippen LogP contribution in [-0.4, -0.2) is 69.0 Å². The summed E-state index contributed by atoms with van der Waals surface area (Å²) in [5.41, 5.74) is 0. The second kappa shape index (κ2) is 7.38. The molecule has 3 atom stereocenters. The molecule has 0 aromatic heterocycles. The Kier molecular flexibility index (Phi) is 6.69. The van der Waals surface area contributed by atoms with Gasteiger partial charge in [-0.15, -0.1) is 12.4 Å². The van der Waals surface area contributed by atoms with Crippen LogP contribution in [0.25, 0.3) is 0 Å². The molecule has 6 nitrogen and oxygen atoms in total. The van der Waals surface area contributed by atoms with Crippen LogP contribution in [0.3, 0.4) is 0 Å². The van der Waals surface area contributed by atoms with E-state index in [1.54, 1.807) is 8.61 Å². The Morgan fingerprint density at radius 1 is 1.15 bits per heavy atom. The molecule has 0 saturated carbocycles. The van der Waals surface area contributed by atoms with E-state index < -0.39 is 10.2 Å². The summed E-state index contributed by atoms with van der Waals surface area (Å²) in [4.78, 5) is 0. The summed E-state index contributed by atoms with van der Waals surface area (Å²) in [6.07, 6.45) is 0.874. The van der Waals surface area contributed by atoms with Crippen LogP contribution in [0.1, 0.15) is 20.3 Å². The second-order valence-electron chi connectivity index (χ2n) is 5.65. The summed E-state index contributed by atoms with van der Waals surface area (Å²) in [6.45, 7) is 6.90. The van der Waals surface area contributed by atoms with E-state index in [0.29, 0.717) is 32.1 Å². The predicted molar refractivity (Wildman–Crippen MR) is 81.4 cm³/mol. The van der Waals surface area contributed by atoms with Crippen molar-refractivity contribution in [3.05, 3.63) is 0 Å². The highest BCUT2D eigenvalue weighted by Gasteiger charge is 2.38. The molecule has 2 heterocycles. The number of rotatable bonds is 4. The zero-order chi connectivity index (χ0) is 14.0. The van der Waals surface area contributed by atoms with Crippen molar-refractivity contribution < 1.29 is 13.2 Å². The summed E-state index contributed by atoms with van der Waals surface area (Å²) in [6, 6.07) is 0. The first-order chi connectivity index (χ1) is 8.93. The molecule has 120 valence electrons. The Bertz CT molecular complexity index is 397. The molecule has 0 radical (unpaired) electrons. The molecule has 2 fully saturated rings. The highest BCUT2D eigenvalue weighted by molar-refractivity contribution is 7.86. The van der Waals surface area contributed by atoms with E-state index in [-0.39, 0.29) is 24.6 Å². The van der Waals surface area contributed by atoms with Crippen molar-refractivity contribution in [1.29, 1.82) is 0 Å². The number of morpholine rings is 1. The van der Waals surface area contributed by atoms with Crippen LogP contribution >= 0.6 is 12.4 Å². The van der Waals surface area contributed by atoms with Crippen molar-refractivity contribution in [2.24, 2.45) is 5.92 Å². The van der Waals surface area contributed by atoms with Gasteiger partial charge in [-0.1, -0.05) is 0 Å². The van der Waals surface area contributed by atoms with E-state index in [4.69, 9.17) is 4.74 Å². The zero-order valence-electron chi connectivity index (χ0n) is 12.4. The number of ether oxygens (including phenoxy) is 1. The molecule has 0 aliphatic carbocycles. The zero-order valence-corrected chi connectivity index (χ0v) is 14.0. The Labute approximate surface area is 128 Å². The van der Waals surface area contributed by atoms with Gasteiger partial charge < -0.3 is 10.1 Å². The number of nitrogens with zero attached hydrogens (tertiary/aromatic N) is 2. The summed E-state index contributed by atoms with van der Waals surface area (Å²) in [7, 11) is -1.41. The summed E-state index contributed by atoms with van der Waals surface area (Å²) < 4.78 is 34.0. The maximum atomic E-state index is 12.6. The topological polar surface area (TPSA) is 61.9 Å². The smallest absolute Gasteiger partial charge is 0.282 e. The molecule has 8 heteroatoms. The van der Waals surface area contributed by atoms with Gasteiger partial charge >= 0.3 is 0 Å². The molecular formula is C12H26ClN3O3S. The van der Waals surface area contributed by atoms with Crippen molar-refractivity contribution in [3.63, 3.8) is 0 Å². The normalized spacial score (nSPS) is 33.0. The largest absolute Gasteiger partial charge is 0.373 e. The SMILES string of the molecule is CNCC1CCN(S(=O)(=O)N2CC(C)OC(C)C2)C1.Cl. The lowest BCUT2D eigenvalue weighted by Gasteiger charge is -2.36. The molecule has 20 heavy (non-hydrogen) atoms. The minimum absolute atomic E-state index is 0. The van der Waals surface area contributed by atoms with E-state index in [2.05, 4.69) is 5.32 Å². The maximum Gasteiger partial charge on any atom is 0.282 e. The lowest BCUT2D eigenvalue weighted by atomic mass is 10.1. The van der Waals surface area contributed by atoms with Crippen LogP contribution in [0.15, 0.2) is 0 Å². The minimum atomic E-state index is -3.32. The Morgan fingerprint density at radius 2 is 1.75 bits per heavy atom. The third kappa shape index (κ3) is 4.05. The van der Waals surface area contributed by atoms with Crippen LogP contribution < -0.4 is 5.32 Å². The average Bonchev–Trinajstić information content (AvgIpc) is 2.77. The molecule has 2 aliphatic rings. The summed E-state index contributed by atoms with van der Waals surface area (Å²) in [5, 5.41) is 3.12. The first-order valence-electron chi connectivity index (χ1n) is 6.98. The Balaban J connectivity index is 0.00000200. The lowest BCUT2D eigenvalue weighted by Crippen LogP contribution is -2.52. The molecule has 0 aromatic carbocycles. The number of hydrogen-bond acceptors (Lipinski definition) is 4. The molecular weight excluding hydrogens is 302 g/mol. The van der Waals surface area contributed by atoms with Gasteiger partial charge in [-0.3, -0.25) is 0 Å². The fourth-order valence-corrected chi connectivity index (χ4v) is 4.80. The Morgan fingerprint density at radius 3 is 2.30 bits per heavy atom. The van der Waals surface area contributed by atoms with Gasteiger partial charge in [0.2, 0.25) is 0 Å². The van der Waals surface area contributed by atoms with Gasteiger partial charge in [-0.05, 0) is 39.8 Å². The molecule has 2 rings (SSSR count). The number of halogens is 1. The fourth-order valence-electron chi connectivity index (χ4n) is 2.94. The van der Waals surface area contributed by atoms with Crippen LogP contribution in [0.2, 0.25) is 0 Å². The number of nitrogens with one attached hydrogen (secondary N) is 1. The summed E-state index contributed by atoms with van der Waals surface area (Å²) in [5.74, 6) is 0.427. The van der Waals surface area contributed by atoms with E-state index in [9.17, 15) is 8.42 Å². The van der Waals surface area contributed by atoms with Crippen molar-refractivity contribution in [1.82, 2.24) is 13.9 Å². The minimum Gasteiger partial charge on any atom is -0.373 e. The maximum absolute atomic E-state index is 12.6. The van der Waals surface area contributed by atoms with E-state index >= 15 is 0 Å². The van der Waals surface area contributed by atoms with Gasteiger partial charge in [0.1, 0.15) is 0 Å². The second-order valence-corrected chi connectivity index (χ2v) is 7.58. The highest BCUT2D eigenvalue weighted by Crippen LogP contribution is 2.23. The van der Waals surface area contributed by atoms with E-state index in [1.807, 2.05) is 20.9 Å². The first-order valence-corrected chi connectivity index (χ1v) is 8.38. The molecule has 0 spiro atoms. The van der Waals surface area contributed by atoms with Gasteiger partial charge in [-0.25, -0.2) is 0 Å². The van der Waals surface area contributed by atoms with Gasteiger partial charge in [-0.2, -0.15) is 17.0 Å². The first kappa shape index (κ1) is 18.1. The van der Waals surface area contributed by atoms with Gasteiger partial charge in [0.05, 0.1) is 12.2 Å². The van der Waals surface area contributed by atoms with Crippen molar-refractivity contribution >= 4 is 22.6 Å². The molecule has 0 amide bonds. The molecule has 3 unspecified atom stereocenters. The molecule has 0 aromatic rings. The lowest BCUT2D eigenvalue weighted by molar-refractivity contribution is -0.0453. The van der Waals surface area contributed by atoms with Gasteiger partial charge in [0, 0.05) is 26.2 Å². The summed E-state index contributed by atoms with van der Waals surface area (Å²) >= 11 is 0. The molecule has 1 N–H and O–H groups in total. The molecule has 0 bridgehead atoms. The quantitative estimate of drug-likeness (QED) is 0.807. The standard InChI is InChI=1S/C12H25N3O3S.ClH/c1-10-7-15(8-11(2)18-10)19(16,17)14-5-4-12(9-14)6-13-3;/h10-13H,4-9H2,1-3H3;1H. The van der Waals surface area contributed by atoms with Crippen molar-refractivity contribution in [3.8, 4) is 0 Å². The van der Waals surface area contributed by atoms with Crippen LogP contribution in [0.5, 0.6) is 0 Å². The van der Waals surface area contributed by atoms with Crippen LogP contribution in [0, 0.1) is 5.92 Å². The predicted octanol–water partition coefficient (Wildman–Crippen LogP) is 0.304. The molecule has 2 aliphatic heterocycles. The fraction of sp³-hybridized carbons (Fsp3) is 1.00. The van der Waals surface area contributed by atoms with E-state index in [1.165, 1.54) is 0 Å². The van der Waals surface area contributed by atoms with Crippen LogP contribution in [-0.2, 0) is 14.9 Å². The molecule has 2 saturated heterocycles. The van der Waals surface area contributed by atoms with Gasteiger partial charge in [0.15, 0.2) is 0 Å². The third-order valence-corrected chi connectivity index (χ3v) is 5.72. The monoisotopic (exact) mass is 327 g/mol. The third-order valence-electron chi connectivity index (χ3n) is 3.78. The van der Waals surface area contributed by atoms with E-state index in [0.717, 1.165) is 13.0 Å². The average molecular weight is 328 g/mol. The van der Waals surface area contributed by atoms with Crippen LogP contribution in [0.4, 0.5) is 0 Å². The Hall–Kier alpha value is 0.0800. The number of hydrogen-bond donors (Lipinski definition) is 1. The highest BCUT2D eigenvalue weighted by atomic mass is 35.5. The van der Waals surface area contributed by atoms with Gasteiger partial charge in [0.25, 0.3) is 10.2 Å². The van der Waals surface area contributed by atoms with Crippen molar-refractivity contribution in [2.45, 2.75) is 32.5 Å².